The van der Waals surface area contributed by atoms with E-state index in [1.54, 1.807) is 0 Å². The molecule has 0 bridgehead atoms. The number of anilines is 1. The van der Waals surface area contributed by atoms with Gasteiger partial charge in [-0.15, -0.1) is 0 Å². The number of nitrogens with zero attached hydrogens (tertiary/aromatic N) is 2. The van der Waals surface area contributed by atoms with Gasteiger partial charge in [-0.3, -0.25) is 4.79 Å². The van der Waals surface area contributed by atoms with Gasteiger partial charge in [0, 0.05) is 70.5 Å². The predicted molar refractivity (Wildman–Crippen MR) is 178 cm³/mol. The standard InChI is InChI=1S/C35H44N2O7S2.Na/c1-34(2)27-12-5-6-13-29(27)36(20-7-9-22-45(39,40)41)31(34)14-11-15-32-35(3,4)28-24-26(33(38)25-16-17-25)18-19-30(28)37(32)21-8-10-23-46(42,43)44;/h5-6,11-15,18-19,24-25H,7-10,16-17,20-23H2,1-4H3,(H-,39,40,41,42,43,44);/q;+1/p-1. The van der Waals surface area contributed by atoms with Crippen LogP contribution in [0.4, 0.5) is 11.4 Å². The number of para-hydroxylation sites is 1. The molecule has 0 aromatic heterocycles. The molecule has 1 saturated carbocycles. The second-order valence-electron chi connectivity index (χ2n) is 13.7. The Hall–Kier alpha value is -2.12. The molecule has 248 valence electrons. The molecule has 2 aromatic carbocycles. The first-order valence-corrected chi connectivity index (χ1v) is 19.1. The van der Waals surface area contributed by atoms with E-state index >= 15 is 0 Å². The van der Waals surface area contributed by atoms with Gasteiger partial charge in [-0.25, -0.2) is 16.8 Å². The smallest absolute Gasteiger partial charge is 0.748 e. The Labute approximate surface area is 301 Å². The zero-order valence-corrected chi connectivity index (χ0v) is 31.6. The van der Waals surface area contributed by atoms with Crippen molar-refractivity contribution in [3.8, 4) is 0 Å². The van der Waals surface area contributed by atoms with Crippen LogP contribution in [0.25, 0.3) is 0 Å². The largest absolute Gasteiger partial charge is 1.00 e. The van der Waals surface area contributed by atoms with Crippen molar-refractivity contribution < 1.29 is 64.9 Å². The molecule has 0 amide bonds. The average molecular weight is 691 g/mol. The molecule has 0 saturated heterocycles. The Bertz CT molecular complexity index is 1840. The van der Waals surface area contributed by atoms with Crippen molar-refractivity contribution in [2.45, 2.75) is 77.0 Å². The number of ketones is 1. The van der Waals surface area contributed by atoms with Gasteiger partial charge in [0.2, 0.25) is 5.69 Å². The third-order valence-electron chi connectivity index (χ3n) is 9.48. The molecule has 0 N–H and O–H groups in total. The number of unbranched alkanes of at least 4 members (excludes halogenated alkanes) is 2. The van der Waals surface area contributed by atoms with Crippen molar-refractivity contribution in [2.75, 3.05) is 29.5 Å². The number of allylic oxidation sites excluding steroid dienone is 4. The molecule has 2 aromatic rings. The third-order valence-corrected chi connectivity index (χ3v) is 11.1. The minimum atomic E-state index is -4.30. The summed E-state index contributed by atoms with van der Waals surface area (Å²) in [5.74, 6) is -0.511. The van der Waals surface area contributed by atoms with E-state index in [9.17, 15) is 30.7 Å². The molecule has 47 heavy (non-hydrogen) atoms. The van der Waals surface area contributed by atoms with Gasteiger partial charge in [-0.1, -0.05) is 38.1 Å². The van der Waals surface area contributed by atoms with Crippen molar-refractivity contribution in [3.05, 3.63) is 83.1 Å². The molecular formula is C35H43N2NaO7S2. The molecule has 5 rings (SSSR count). The van der Waals surface area contributed by atoms with Gasteiger partial charge in [0.15, 0.2) is 11.5 Å². The van der Waals surface area contributed by atoms with E-state index < -0.39 is 31.4 Å². The zero-order valence-electron chi connectivity index (χ0n) is 28.0. The van der Waals surface area contributed by atoms with Gasteiger partial charge in [0.05, 0.1) is 25.7 Å². The van der Waals surface area contributed by atoms with Crippen LogP contribution in [0.3, 0.4) is 0 Å². The maximum Gasteiger partial charge on any atom is 1.00 e. The SMILES string of the molecule is CC1(C)C(/C=C/C=C2/N(CCCCS(=O)(=O)[O-])c3ccc(C(=O)C4CC4)cc3C2(C)C)=[N+](CCCCS(=O)(=O)[O-])c2ccccc21.[Na+]. The maximum atomic E-state index is 13.0. The second kappa shape index (κ2) is 14.4. The summed E-state index contributed by atoms with van der Waals surface area (Å²) in [6, 6.07) is 14.0. The van der Waals surface area contributed by atoms with Gasteiger partial charge in [-0.2, -0.15) is 4.58 Å². The number of benzene rings is 2. The number of carbonyl (C=O) groups is 1. The van der Waals surface area contributed by atoms with Gasteiger partial charge in [0.1, 0.15) is 6.54 Å². The first kappa shape index (κ1) is 37.7. The maximum absolute atomic E-state index is 13.0. The molecule has 2 heterocycles. The quantitative estimate of drug-likeness (QED) is 0.0970. The van der Waals surface area contributed by atoms with Gasteiger partial charge < -0.3 is 14.0 Å². The van der Waals surface area contributed by atoms with Gasteiger partial charge in [0.25, 0.3) is 0 Å². The topological polar surface area (TPSA) is 138 Å². The Balaban J connectivity index is 0.00000500. The van der Waals surface area contributed by atoms with Crippen LogP contribution in [0.2, 0.25) is 0 Å². The minimum absolute atomic E-state index is 0. The molecule has 12 heteroatoms. The number of Topliss-reactive ketones (excluding diaryl/α,β-unsaturated/α-hetero) is 1. The van der Waals surface area contributed by atoms with E-state index in [4.69, 9.17) is 0 Å². The molecule has 2 aliphatic heterocycles. The Kier molecular flexibility index (Phi) is 11.5. The van der Waals surface area contributed by atoms with E-state index in [-0.39, 0.29) is 65.3 Å². The zero-order chi connectivity index (χ0) is 33.5. The molecule has 3 aliphatic rings. The van der Waals surface area contributed by atoms with Crippen molar-refractivity contribution in [1.29, 1.82) is 0 Å². The van der Waals surface area contributed by atoms with Crippen LogP contribution in [0.15, 0.2) is 66.4 Å². The molecule has 0 radical (unpaired) electrons. The summed E-state index contributed by atoms with van der Waals surface area (Å²) in [5.41, 5.74) is 6.21. The fourth-order valence-corrected chi connectivity index (χ4v) is 7.98. The van der Waals surface area contributed by atoms with E-state index in [2.05, 4.69) is 61.5 Å². The van der Waals surface area contributed by atoms with Crippen molar-refractivity contribution >= 4 is 43.1 Å². The van der Waals surface area contributed by atoms with E-state index in [1.807, 2.05) is 36.4 Å². The van der Waals surface area contributed by atoms with Crippen LogP contribution in [0.5, 0.6) is 0 Å². The van der Waals surface area contributed by atoms with Gasteiger partial charge in [-0.05, 0) is 75.8 Å². The van der Waals surface area contributed by atoms with Crippen LogP contribution in [-0.2, 0) is 31.1 Å². The summed E-state index contributed by atoms with van der Waals surface area (Å²) in [6.07, 6.45) is 9.62. The number of fused-ring (bicyclic) bond motifs is 2. The summed E-state index contributed by atoms with van der Waals surface area (Å²) in [4.78, 5) is 15.1. The molecule has 0 spiro atoms. The van der Waals surface area contributed by atoms with E-state index in [1.165, 1.54) is 0 Å². The molecule has 1 aliphatic carbocycles. The van der Waals surface area contributed by atoms with Crippen LogP contribution in [0, 0.1) is 5.92 Å². The molecule has 0 unspecified atom stereocenters. The van der Waals surface area contributed by atoms with Crippen molar-refractivity contribution in [3.63, 3.8) is 0 Å². The van der Waals surface area contributed by atoms with Gasteiger partial charge >= 0.3 is 29.6 Å². The number of carbonyl (C=O) groups excluding carboxylic acids is 1. The second-order valence-corrected chi connectivity index (χ2v) is 16.7. The predicted octanol–water partition coefficient (Wildman–Crippen LogP) is 2.55. The molecule has 9 nitrogen and oxygen atoms in total. The first-order valence-electron chi connectivity index (χ1n) is 16.0. The molecule has 1 fully saturated rings. The Morgan fingerprint density at radius 1 is 0.894 bits per heavy atom. The number of hydrogen-bond donors (Lipinski definition) is 0. The number of rotatable bonds is 14. The average Bonchev–Trinajstić information content (AvgIpc) is 3.76. The van der Waals surface area contributed by atoms with E-state index in [0.717, 1.165) is 46.8 Å². The number of hydrogen-bond acceptors (Lipinski definition) is 8. The van der Waals surface area contributed by atoms with Crippen molar-refractivity contribution in [2.24, 2.45) is 5.92 Å². The summed E-state index contributed by atoms with van der Waals surface area (Å²) >= 11 is 0. The summed E-state index contributed by atoms with van der Waals surface area (Å²) in [6.45, 7) is 9.64. The van der Waals surface area contributed by atoms with Crippen LogP contribution in [0.1, 0.15) is 87.7 Å². The fraction of sp³-hybridized carbons (Fsp3) is 0.486. The third kappa shape index (κ3) is 8.55. The van der Waals surface area contributed by atoms with Crippen LogP contribution < -0.4 is 34.5 Å². The summed E-state index contributed by atoms with van der Waals surface area (Å²) < 4.78 is 69.5. The normalized spacial score (nSPS) is 19.3. The Morgan fingerprint density at radius 3 is 2.17 bits per heavy atom. The van der Waals surface area contributed by atoms with Crippen LogP contribution >= 0.6 is 0 Å². The monoisotopic (exact) mass is 690 g/mol. The fourth-order valence-electron chi connectivity index (χ4n) is 6.86. The van der Waals surface area contributed by atoms with Crippen LogP contribution in [-0.4, -0.2) is 66.6 Å². The molecule has 0 atom stereocenters. The van der Waals surface area contributed by atoms with Crippen molar-refractivity contribution in [1.82, 2.24) is 0 Å². The summed E-state index contributed by atoms with van der Waals surface area (Å²) in [5, 5.41) is 0. The summed E-state index contributed by atoms with van der Waals surface area (Å²) in [7, 11) is -8.57. The minimum Gasteiger partial charge on any atom is -0.748 e. The molecular weight excluding hydrogens is 648 g/mol. The van der Waals surface area contributed by atoms with E-state index in [0.29, 0.717) is 31.5 Å². The first-order chi connectivity index (χ1) is 21.5. The Morgan fingerprint density at radius 2 is 1.53 bits per heavy atom.